The van der Waals surface area contributed by atoms with Gasteiger partial charge in [0.1, 0.15) is 5.82 Å². The molecule has 1 aliphatic carbocycles. The summed E-state index contributed by atoms with van der Waals surface area (Å²) in [6.07, 6.45) is 5.79. The molecule has 0 bridgehead atoms. The Kier molecular flexibility index (Phi) is 6.27. The second-order valence-electron chi connectivity index (χ2n) is 5.45. The quantitative estimate of drug-likeness (QED) is 0.845. The Bertz CT molecular complexity index is 419. The molecule has 0 radical (unpaired) electrons. The van der Waals surface area contributed by atoms with E-state index in [0.717, 1.165) is 32.2 Å². The third-order valence-electron chi connectivity index (χ3n) is 3.86. The van der Waals surface area contributed by atoms with Gasteiger partial charge in [-0.1, -0.05) is 30.7 Å². The lowest BCUT2D eigenvalue weighted by atomic mass is 9.93. The predicted molar refractivity (Wildman–Crippen MR) is 80.5 cm³/mol. The van der Waals surface area contributed by atoms with Crippen LogP contribution in [0, 0.1) is 5.82 Å². The Morgan fingerprint density at radius 2 is 2.05 bits per heavy atom. The fraction of sp³-hybridized carbons (Fsp3) is 0.625. The lowest BCUT2D eigenvalue weighted by molar-refractivity contribution is 0.0102. The second kappa shape index (κ2) is 7.96. The Hall–Kier alpha value is -0.640. The molecule has 0 amide bonds. The summed E-state index contributed by atoms with van der Waals surface area (Å²) >= 11 is 5.76. The molecule has 2 nitrogen and oxygen atoms in total. The molecule has 0 spiro atoms. The minimum Gasteiger partial charge on any atom is -0.373 e. The van der Waals surface area contributed by atoms with E-state index in [-0.39, 0.29) is 16.9 Å². The van der Waals surface area contributed by atoms with Crippen molar-refractivity contribution in [1.29, 1.82) is 0 Å². The highest BCUT2D eigenvalue weighted by molar-refractivity contribution is 6.30. The van der Waals surface area contributed by atoms with E-state index in [1.54, 1.807) is 18.2 Å². The molecule has 0 saturated heterocycles. The number of ether oxygens (including phenoxy) is 1. The van der Waals surface area contributed by atoms with Crippen LogP contribution in [0.2, 0.25) is 5.02 Å². The largest absolute Gasteiger partial charge is 0.373 e. The first-order valence-electron chi connectivity index (χ1n) is 7.48. The van der Waals surface area contributed by atoms with E-state index in [0.29, 0.717) is 18.2 Å². The average molecular weight is 300 g/mol. The van der Waals surface area contributed by atoms with Crippen LogP contribution in [-0.2, 0) is 11.3 Å². The van der Waals surface area contributed by atoms with Crippen molar-refractivity contribution in [2.75, 3.05) is 6.54 Å². The fourth-order valence-electron chi connectivity index (χ4n) is 2.65. The maximum Gasteiger partial charge on any atom is 0.147 e. The van der Waals surface area contributed by atoms with Gasteiger partial charge in [0.25, 0.3) is 0 Å². The molecule has 0 unspecified atom stereocenters. The van der Waals surface area contributed by atoms with Crippen LogP contribution in [0.15, 0.2) is 18.2 Å². The number of rotatable bonds is 6. The summed E-state index contributed by atoms with van der Waals surface area (Å²) in [7, 11) is 0. The number of hydrogen-bond donors (Lipinski definition) is 1. The number of benzene rings is 1. The van der Waals surface area contributed by atoms with Gasteiger partial charge in [0, 0.05) is 11.6 Å². The summed E-state index contributed by atoms with van der Waals surface area (Å²) in [5.74, 6) is -0.354. The summed E-state index contributed by atoms with van der Waals surface area (Å²) in [5.41, 5.74) is 0.545. The van der Waals surface area contributed by atoms with Gasteiger partial charge in [-0.05, 0) is 44.7 Å². The number of hydrogen-bond acceptors (Lipinski definition) is 2. The molecule has 112 valence electrons. The van der Waals surface area contributed by atoms with Crippen molar-refractivity contribution in [3.8, 4) is 0 Å². The predicted octanol–water partition coefficient (Wildman–Crippen LogP) is 4.31. The van der Waals surface area contributed by atoms with Crippen LogP contribution < -0.4 is 5.32 Å². The number of halogens is 2. The van der Waals surface area contributed by atoms with E-state index < -0.39 is 0 Å². The molecule has 0 atom stereocenters. The highest BCUT2D eigenvalue weighted by Gasteiger charge is 2.21. The van der Waals surface area contributed by atoms with Crippen molar-refractivity contribution in [1.82, 2.24) is 5.32 Å². The third-order valence-corrected chi connectivity index (χ3v) is 4.16. The van der Waals surface area contributed by atoms with Crippen LogP contribution in [0.25, 0.3) is 0 Å². The van der Waals surface area contributed by atoms with E-state index in [4.69, 9.17) is 16.3 Å². The molecule has 4 heteroatoms. The standard InChI is InChI=1S/C16H23ClFNO/c1-2-10-19-13-6-8-14(9-7-13)20-11-12-4-3-5-15(17)16(12)18/h3-5,13-14,19H,2,6-11H2,1H3. The molecule has 1 aromatic rings. The fourth-order valence-corrected chi connectivity index (χ4v) is 2.84. The molecular weight excluding hydrogens is 277 g/mol. The molecule has 1 fully saturated rings. The molecular formula is C16H23ClFNO. The van der Waals surface area contributed by atoms with Gasteiger partial charge >= 0.3 is 0 Å². The molecule has 1 saturated carbocycles. The van der Waals surface area contributed by atoms with E-state index in [1.807, 2.05) is 0 Å². The highest BCUT2D eigenvalue weighted by atomic mass is 35.5. The minimum atomic E-state index is -0.354. The van der Waals surface area contributed by atoms with Gasteiger partial charge in [0.15, 0.2) is 0 Å². The Morgan fingerprint density at radius 3 is 2.75 bits per heavy atom. The zero-order valence-corrected chi connectivity index (χ0v) is 12.8. The van der Waals surface area contributed by atoms with Crippen molar-refractivity contribution in [3.05, 3.63) is 34.6 Å². The highest BCUT2D eigenvalue weighted by Crippen LogP contribution is 2.24. The van der Waals surface area contributed by atoms with E-state index in [9.17, 15) is 4.39 Å². The lowest BCUT2D eigenvalue weighted by Crippen LogP contribution is -2.35. The van der Waals surface area contributed by atoms with Gasteiger partial charge in [0.2, 0.25) is 0 Å². The Labute approximate surface area is 125 Å². The number of nitrogens with one attached hydrogen (secondary N) is 1. The third kappa shape index (κ3) is 4.44. The van der Waals surface area contributed by atoms with E-state index in [1.165, 1.54) is 6.42 Å². The van der Waals surface area contributed by atoms with Crippen molar-refractivity contribution < 1.29 is 9.13 Å². The zero-order valence-electron chi connectivity index (χ0n) is 12.0. The minimum absolute atomic E-state index is 0.165. The van der Waals surface area contributed by atoms with Crippen LogP contribution >= 0.6 is 11.6 Å². The first-order valence-corrected chi connectivity index (χ1v) is 7.86. The van der Waals surface area contributed by atoms with Crippen LogP contribution in [0.3, 0.4) is 0 Å². The maximum atomic E-state index is 13.7. The topological polar surface area (TPSA) is 21.3 Å². The van der Waals surface area contributed by atoms with E-state index >= 15 is 0 Å². The second-order valence-corrected chi connectivity index (χ2v) is 5.86. The van der Waals surface area contributed by atoms with Crippen LogP contribution in [-0.4, -0.2) is 18.7 Å². The smallest absolute Gasteiger partial charge is 0.147 e. The van der Waals surface area contributed by atoms with Gasteiger partial charge < -0.3 is 10.1 Å². The normalized spacial score (nSPS) is 22.9. The molecule has 2 rings (SSSR count). The summed E-state index contributed by atoms with van der Waals surface area (Å²) in [4.78, 5) is 0. The summed E-state index contributed by atoms with van der Waals surface area (Å²) in [5, 5.41) is 3.71. The van der Waals surface area contributed by atoms with Crippen LogP contribution in [0.5, 0.6) is 0 Å². The SMILES string of the molecule is CCCNC1CCC(OCc2cccc(Cl)c2F)CC1. The average Bonchev–Trinajstić information content (AvgIpc) is 2.48. The zero-order chi connectivity index (χ0) is 14.4. The molecule has 1 aliphatic rings. The van der Waals surface area contributed by atoms with Gasteiger partial charge in [0.05, 0.1) is 17.7 Å². The van der Waals surface area contributed by atoms with Crippen molar-refractivity contribution in [3.63, 3.8) is 0 Å². The van der Waals surface area contributed by atoms with E-state index in [2.05, 4.69) is 12.2 Å². The molecule has 20 heavy (non-hydrogen) atoms. The van der Waals surface area contributed by atoms with Gasteiger partial charge in [-0.3, -0.25) is 0 Å². The summed E-state index contributed by atoms with van der Waals surface area (Å²) < 4.78 is 19.6. The first kappa shape index (κ1) is 15.7. The molecule has 1 N–H and O–H groups in total. The van der Waals surface area contributed by atoms with Gasteiger partial charge in [-0.25, -0.2) is 4.39 Å². The first-order chi connectivity index (χ1) is 9.70. The van der Waals surface area contributed by atoms with Crippen molar-refractivity contribution in [2.45, 2.75) is 57.8 Å². The summed E-state index contributed by atoms with van der Waals surface area (Å²) in [6.45, 7) is 3.58. The Morgan fingerprint density at radius 1 is 1.30 bits per heavy atom. The maximum absolute atomic E-state index is 13.7. The van der Waals surface area contributed by atoms with Crippen LogP contribution in [0.1, 0.15) is 44.6 Å². The lowest BCUT2D eigenvalue weighted by Gasteiger charge is -2.29. The Balaban J connectivity index is 1.74. The van der Waals surface area contributed by atoms with Gasteiger partial charge in [-0.2, -0.15) is 0 Å². The van der Waals surface area contributed by atoms with Gasteiger partial charge in [-0.15, -0.1) is 0 Å². The monoisotopic (exact) mass is 299 g/mol. The molecule has 0 aromatic heterocycles. The summed E-state index contributed by atoms with van der Waals surface area (Å²) in [6, 6.07) is 5.67. The van der Waals surface area contributed by atoms with Crippen molar-refractivity contribution in [2.24, 2.45) is 0 Å². The van der Waals surface area contributed by atoms with Crippen LogP contribution in [0.4, 0.5) is 4.39 Å². The molecule has 0 aliphatic heterocycles. The molecule has 1 aromatic carbocycles. The molecule has 0 heterocycles. The van der Waals surface area contributed by atoms with Crippen molar-refractivity contribution >= 4 is 11.6 Å².